The standard InChI is InChI=1S/C55H44BN/c1-53(2)48-24-14-12-23-45(48)47-35-41(32-34-49(47)53)57(40-29-27-37(28-30-40)43-21-11-15-25-50(43)54(3,4)56)42-31-33-46-44-22-13-16-26-51(44)55(52(46)36-42,38-17-7-5-8-18-38)39-19-9-6-10-20-39/h5-36H,1-4H3. The van der Waals surface area contributed by atoms with Crippen molar-refractivity contribution in [1.29, 1.82) is 0 Å². The number of fused-ring (bicyclic) bond motifs is 6. The fourth-order valence-corrected chi connectivity index (χ4v) is 9.95. The fourth-order valence-electron chi connectivity index (χ4n) is 9.95. The van der Waals surface area contributed by atoms with Crippen LogP contribution in [0.3, 0.4) is 0 Å². The van der Waals surface area contributed by atoms with Gasteiger partial charge in [0.1, 0.15) is 0 Å². The monoisotopic (exact) mass is 729 g/mol. The predicted molar refractivity (Wildman–Crippen MR) is 240 cm³/mol. The topological polar surface area (TPSA) is 3.24 Å². The van der Waals surface area contributed by atoms with Crippen molar-refractivity contribution in [1.82, 2.24) is 0 Å². The van der Waals surface area contributed by atoms with Gasteiger partial charge in [0.15, 0.2) is 0 Å². The summed E-state index contributed by atoms with van der Waals surface area (Å²) in [5.41, 5.74) is 19.2. The van der Waals surface area contributed by atoms with Crippen molar-refractivity contribution in [3.05, 3.63) is 233 Å². The molecule has 0 amide bonds. The van der Waals surface area contributed by atoms with Crippen LogP contribution in [0.15, 0.2) is 194 Å². The van der Waals surface area contributed by atoms with E-state index in [-0.39, 0.29) is 5.41 Å². The summed E-state index contributed by atoms with van der Waals surface area (Å²) in [4.78, 5) is 2.45. The van der Waals surface area contributed by atoms with Crippen LogP contribution in [-0.2, 0) is 16.1 Å². The first-order valence-electron chi connectivity index (χ1n) is 20.1. The summed E-state index contributed by atoms with van der Waals surface area (Å²) in [6.45, 7) is 8.84. The van der Waals surface area contributed by atoms with Crippen LogP contribution >= 0.6 is 0 Å². The van der Waals surface area contributed by atoms with Crippen molar-refractivity contribution < 1.29 is 0 Å². The highest BCUT2D eigenvalue weighted by molar-refractivity contribution is 6.16. The molecule has 2 aliphatic rings. The number of rotatable bonds is 7. The van der Waals surface area contributed by atoms with Crippen LogP contribution in [0.4, 0.5) is 17.1 Å². The molecule has 0 heterocycles. The fraction of sp³-hybridized carbons (Fsp3) is 0.127. The summed E-state index contributed by atoms with van der Waals surface area (Å²) < 4.78 is 0. The lowest BCUT2D eigenvalue weighted by molar-refractivity contribution is 0.660. The van der Waals surface area contributed by atoms with Gasteiger partial charge in [-0.05, 0) is 114 Å². The Bertz CT molecular complexity index is 2750. The Hall–Kier alpha value is -6.38. The second-order valence-electron chi connectivity index (χ2n) is 16.8. The van der Waals surface area contributed by atoms with Gasteiger partial charge in [-0.2, -0.15) is 0 Å². The Morgan fingerprint density at radius 2 is 0.877 bits per heavy atom. The molecule has 0 bridgehead atoms. The summed E-state index contributed by atoms with van der Waals surface area (Å²) in [6.07, 6.45) is 0. The summed E-state index contributed by atoms with van der Waals surface area (Å²) in [6, 6.07) is 71.7. The van der Waals surface area contributed by atoms with E-state index in [0.29, 0.717) is 0 Å². The SMILES string of the molecule is [B]C(C)(C)c1ccccc1-c1ccc(N(c2ccc3c(c2)-c2ccccc2C3(C)C)c2ccc3c(c2)C(c2ccccc2)(c2ccccc2)c2ccccc2-3)cc1. The van der Waals surface area contributed by atoms with E-state index in [9.17, 15) is 0 Å². The Kier molecular flexibility index (Phi) is 8.06. The highest BCUT2D eigenvalue weighted by Crippen LogP contribution is 2.58. The zero-order valence-electron chi connectivity index (χ0n) is 33.0. The molecule has 0 atom stereocenters. The molecule has 8 aromatic carbocycles. The normalized spacial score (nSPS) is 14.3. The lowest BCUT2D eigenvalue weighted by Crippen LogP contribution is -2.28. The Labute approximate surface area is 338 Å². The van der Waals surface area contributed by atoms with Gasteiger partial charge in [-0.25, -0.2) is 0 Å². The lowest BCUT2D eigenvalue weighted by atomic mass is 9.65. The van der Waals surface area contributed by atoms with Gasteiger partial charge in [0.05, 0.1) is 13.3 Å². The van der Waals surface area contributed by atoms with Crippen molar-refractivity contribution in [3.63, 3.8) is 0 Å². The molecule has 2 heteroatoms. The van der Waals surface area contributed by atoms with Crippen LogP contribution in [0.2, 0.25) is 0 Å². The molecule has 1 nitrogen and oxygen atoms in total. The van der Waals surface area contributed by atoms with Gasteiger partial charge >= 0.3 is 0 Å². The maximum atomic E-state index is 6.70. The summed E-state index contributed by atoms with van der Waals surface area (Å²) >= 11 is 0. The quantitative estimate of drug-likeness (QED) is 0.148. The molecule has 2 aliphatic carbocycles. The molecule has 0 fully saturated rings. The largest absolute Gasteiger partial charge is 0.310 e. The summed E-state index contributed by atoms with van der Waals surface area (Å²) in [7, 11) is 6.70. The Morgan fingerprint density at radius 1 is 0.404 bits per heavy atom. The summed E-state index contributed by atoms with van der Waals surface area (Å²) in [5, 5.41) is -0.470. The average molecular weight is 730 g/mol. The minimum Gasteiger partial charge on any atom is -0.310 e. The van der Waals surface area contributed by atoms with E-state index < -0.39 is 10.7 Å². The third kappa shape index (κ3) is 5.38. The third-order valence-corrected chi connectivity index (χ3v) is 12.6. The van der Waals surface area contributed by atoms with Gasteiger partial charge in [0.2, 0.25) is 0 Å². The molecule has 0 aliphatic heterocycles. The smallest absolute Gasteiger partial charge is 0.0803 e. The van der Waals surface area contributed by atoms with Crippen molar-refractivity contribution in [2.24, 2.45) is 0 Å². The van der Waals surface area contributed by atoms with Crippen LogP contribution in [-0.4, -0.2) is 7.85 Å². The van der Waals surface area contributed by atoms with E-state index in [0.717, 1.165) is 33.8 Å². The highest BCUT2D eigenvalue weighted by Gasteiger charge is 2.46. The molecule has 272 valence electrons. The second-order valence-corrected chi connectivity index (χ2v) is 16.8. The Morgan fingerprint density at radius 3 is 1.53 bits per heavy atom. The van der Waals surface area contributed by atoms with E-state index >= 15 is 0 Å². The van der Waals surface area contributed by atoms with E-state index in [2.05, 4.69) is 227 Å². The summed E-state index contributed by atoms with van der Waals surface area (Å²) in [5.74, 6) is 0. The second kappa shape index (κ2) is 13.1. The van der Waals surface area contributed by atoms with E-state index in [1.165, 1.54) is 55.6 Å². The number of anilines is 3. The van der Waals surface area contributed by atoms with E-state index in [1.807, 2.05) is 0 Å². The minimum absolute atomic E-state index is 0.0780. The third-order valence-electron chi connectivity index (χ3n) is 12.6. The molecule has 0 spiro atoms. The van der Waals surface area contributed by atoms with Crippen LogP contribution in [0.25, 0.3) is 33.4 Å². The zero-order chi connectivity index (χ0) is 38.9. The molecule has 10 rings (SSSR count). The van der Waals surface area contributed by atoms with E-state index in [4.69, 9.17) is 7.85 Å². The maximum absolute atomic E-state index is 6.70. The lowest BCUT2D eigenvalue weighted by Gasteiger charge is -2.35. The van der Waals surface area contributed by atoms with E-state index in [1.54, 1.807) is 0 Å². The predicted octanol–water partition coefficient (Wildman–Crippen LogP) is 13.9. The molecular weight excluding hydrogens is 685 g/mol. The highest BCUT2D eigenvalue weighted by atomic mass is 15.1. The van der Waals surface area contributed by atoms with Gasteiger partial charge in [0.25, 0.3) is 0 Å². The first-order valence-corrected chi connectivity index (χ1v) is 20.1. The van der Waals surface area contributed by atoms with Gasteiger partial charge in [0, 0.05) is 22.5 Å². The molecule has 0 saturated carbocycles. The van der Waals surface area contributed by atoms with Crippen molar-refractivity contribution in [2.45, 2.75) is 43.8 Å². The van der Waals surface area contributed by atoms with Crippen molar-refractivity contribution >= 4 is 24.9 Å². The van der Waals surface area contributed by atoms with Crippen LogP contribution < -0.4 is 4.90 Å². The molecule has 0 unspecified atom stereocenters. The number of nitrogens with zero attached hydrogens (tertiary/aromatic N) is 1. The number of hydrogen-bond donors (Lipinski definition) is 0. The van der Waals surface area contributed by atoms with Gasteiger partial charge in [-0.15, -0.1) is 0 Å². The molecule has 0 N–H and O–H groups in total. The maximum Gasteiger partial charge on any atom is 0.0803 e. The van der Waals surface area contributed by atoms with Gasteiger partial charge < -0.3 is 4.90 Å². The zero-order valence-corrected chi connectivity index (χ0v) is 33.0. The molecule has 8 aromatic rings. The Balaban J connectivity index is 1.21. The first-order chi connectivity index (χ1) is 27.7. The molecule has 57 heavy (non-hydrogen) atoms. The van der Waals surface area contributed by atoms with Gasteiger partial charge in [-0.1, -0.05) is 185 Å². The molecule has 2 radical (unpaired) electrons. The number of benzene rings is 8. The van der Waals surface area contributed by atoms with Crippen LogP contribution in [0.1, 0.15) is 66.6 Å². The molecule has 0 aromatic heterocycles. The first kappa shape index (κ1) is 35.1. The molecule has 0 saturated heterocycles. The number of hydrogen-bond acceptors (Lipinski definition) is 1. The minimum atomic E-state index is -0.500. The molecular formula is C55H44BN. The van der Waals surface area contributed by atoms with Crippen molar-refractivity contribution in [3.8, 4) is 33.4 Å². The van der Waals surface area contributed by atoms with Crippen molar-refractivity contribution in [2.75, 3.05) is 4.90 Å². The average Bonchev–Trinajstić information content (AvgIpc) is 3.67. The van der Waals surface area contributed by atoms with Gasteiger partial charge in [-0.3, -0.25) is 0 Å². The van der Waals surface area contributed by atoms with Crippen LogP contribution in [0, 0.1) is 0 Å². The van der Waals surface area contributed by atoms with Crippen LogP contribution in [0.5, 0.6) is 0 Å².